The van der Waals surface area contributed by atoms with E-state index in [-0.39, 0.29) is 12.0 Å². The van der Waals surface area contributed by atoms with Gasteiger partial charge >= 0.3 is 0 Å². The molecule has 1 aliphatic heterocycles. The van der Waals surface area contributed by atoms with Crippen LogP contribution in [0.3, 0.4) is 0 Å². The van der Waals surface area contributed by atoms with E-state index in [2.05, 4.69) is 37.5 Å². The number of amides is 1. The number of carbonyl (C=O) groups excluding carboxylic acids is 1. The first-order chi connectivity index (χ1) is 10.7. The van der Waals surface area contributed by atoms with Crippen LogP contribution in [0, 0.1) is 0 Å². The lowest BCUT2D eigenvalue weighted by Crippen LogP contribution is -2.34. The number of hydrogen-bond donors (Lipinski definition) is 2. The first-order valence-corrected chi connectivity index (χ1v) is 8.28. The molecule has 1 aromatic carbocycles. The molecule has 2 aliphatic rings. The standard InChI is InChI=1S/C16H16BrN3O2/c17-13-14(9-5-6-9)19-20-15(13)16(21)18-8-11-7-10-3-1-2-4-12(10)22-11/h1-4,9,11H,5-8H2,(H,18,21)(H,19,20). The number of fused-ring (bicyclic) bond motifs is 1. The van der Waals surface area contributed by atoms with Gasteiger partial charge in [0.25, 0.3) is 5.91 Å². The van der Waals surface area contributed by atoms with Crippen molar-refractivity contribution >= 4 is 21.8 Å². The Balaban J connectivity index is 1.37. The van der Waals surface area contributed by atoms with Crippen LogP contribution in [0.2, 0.25) is 0 Å². The van der Waals surface area contributed by atoms with Gasteiger partial charge in [0.1, 0.15) is 11.9 Å². The number of benzene rings is 1. The Bertz CT molecular complexity index is 699. The predicted molar refractivity (Wildman–Crippen MR) is 85.2 cm³/mol. The predicted octanol–water partition coefficient (Wildman–Crippen LogP) is 2.78. The van der Waals surface area contributed by atoms with Crippen LogP contribution in [0.1, 0.15) is 40.5 Å². The summed E-state index contributed by atoms with van der Waals surface area (Å²) >= 11 is 3.48. The Morgan fingerprint density at radius 2 is 2.23 bits per heavy atom. The minimum Gasteiger partial charge on any atom is -0.488 e. The third-order valence-electron chi connectivity index (χ3n) is 4.14. The van der Waals surface area contributed by atoms with Crippen molar-refractivity contribution in [3.8, 4) is 5.75 Å². The van der Waals surface area contributed by atoms with E-state index < -0.39 is 0 Å². The number of ether oxygens (including phenoxy) is 1. The fraction of sp³-hybridized carbons (Fsp3) is 0.375. The van der Waals surface area contributed by atoms with Gasteiger partial charge in [-0.25, -0.2) is 0 Å². The summed E-state index contributed by atoms with van der Waals surface area (Å²) in [5.41, 5.74) is 2.66. The van der Waals surface area contributed by atoms with Crippen molar-refractivity contribution in [2.24, 2.45) is 0 Å². The van der Waals surface area contributed by atoms with E-state index in [4.69, 9.17) is 4.74 Å². The molecule has 2 N–H and O–H groups in total. The number of rotatable bonds is 4. The van der Waals surface area contributed by atoms with Gasteiger partial charge in [0.05, 0.1) is 16.7 Å². The van der Waals surface area contributed by atoms with E-state index in [1.807, 2.05) is 18.2 Å². The third kappa shape index (κ3) is 2.52. The van der Waals surface area contributed by atoms with Crippen molar-refractivity contribution in [2.75, 3.05) is 6.54 Å². The summed E-state index contributed by atoms with van der Waals surface area (Å²) < 4.78 is 6.62. The van der Waals surface area contributed by atoms with Crippen molar-refractivity contribution in [1.29, 1.82) is 0 Å². The lowest BCUT2D eigenvalue weighted by atomic mass is 10.1. The number of hydrogen-bond acceptors (Lipinski definition) is 3. The van der Waals surface area contributed by atoms with Gasteiger partial charge < -0.3 is 10.1 Å². The maximum atomic E-state index is 12.3. The minimum atomic E-state index is -0.172. The molecular weight excluding hydrogens is 346 g/mol. The highest BCUT2D eigenvalue weighted by atomic mass is 79.9. The summed E-state index contributed by atoms with van der Waals surface area (Å²) in [5.74, 6) is 1.27. The molecule has 114 valence electrons. The molecule has 0 radical (unpaired) electrons. The van der Waals surface area contributed by atoms with Gasteiger partial charge in [-0.1, -0.05) is 18.2 Å². The fourth-order valence-electron chi connectivity index (χ4n) is 2.79. The number of halogens is 1. The van der Waals surface area contributed by atoms with E-state index in [0.29, 0.717) is 18.2 Å². The molecule has 1 fully saturated rings. The first-order valence-electron chi connectivity index (χ1n) is 7.49. The van der Waals surface area contributed by atoms with E-state index in [9.17, 15) is 4.79 Å². The average Bonchev–Trinajstić information content (AvgIpc) is 3.16. The van der Waals surface area contributed by atoms with E-state index in [1.165, 1.54) is 5.56 Å². The Labute approximate surface area is 136 Å². The molecule has 1 atom stereocenters. The normalized spacial score (nSPS) is 19.6. The van der Waals surface area contributed by atoms with Crippen LogP contribution < -0.4 is 10.1 Å². The van der Waals surface area contributed by atoms with Crippen LogP contribution in [0.15, 0.2) is 28.7 Å². The SMILES string of the molecule is O=C(NCC1Cc2ccccc2O1)c1n[nH]c(C2CC2)c1Br. The van der Waals surface area contributed by atoms with Crippen molar-refractivity contribution in [3.63, 3.8) is 0 Å². The molecule has 1 aliphatic carbocycles. The molecule has 0 saturated heterocycles. The molecule has 5 nitrogen and oxygen atoms in total. The summed E-state index contributed by atoms with van der Waals surface area (Å²) in [6.45, 7) is 0.478. The van der Waals surface area contributed by atoms with Gasteiger partial charge in [0.2, 0.25) is 0 Å². The maximum Gasteiger partial charge on any atom is 0.273 e. The Hall–Kier alpha value is -1.82. The molecule has 0 spiro atoms. The maximum absolute atomic E-state index is 12.3. The van der Waals surface area contributed by atoms with Gasteiger partial charge in [-0.05, 0) is 40.4 Å². The molecule has 1 amide bonds. The smallest absolute Gasteiger partial charge is 0.273 e. The molecule has 4 rings (SSSR count). The number of nitrogens with one attached hydrogen (secondary N) is 2. The van der Waals surface area contributed by atoms with E-state index in [1.54, 1.807) is 0 Å². The second kappa shape index (κ2) is 5.43. The van der Waals surface area contributed by atoms with Gasteiger partial charge in [-0.15, -0.1) is 0 Å². The minimum absolute atomic E-state index is 0.0121. The second-order valence-electron chi connectivity index (χ2n) is 5.84. The summed E-state index contributed by atoms with van der Waals surface area (Å²) in [6, 6.07) is 7.98. The quantitative estimate of drug-likeness (QED) is 0.879. The van der Waals surface area contributed by atoms with Crippen LogP contribution in [0.4, 0.5) is 0 Å². The van der Waals surface area contributed by atoms with E-state index >= 15 is 0 Å². The Kier molecular flexibility index (Phi) is 3.41. The lowest BCUT2D eigenvalue weighted by Gasteiger charge is -2.11. The number of carbonyl (C=O) groups is 1. The van der Waals surface area contributed by atoms with Gasteiger partial charge in [-0.3, -0.25) is 9.89 Å². The summed E-state index contributed by atoms with van der Waals surface area (Å²) in [6.07, 6.45) is 3.14. The lowest BCUT2D eigenvalue weighted by molar-refractivity contribution is 0.0927. The van der Waals surface area contributed by atoms with Gasteiger partial charge in [0.15, 0.2) is 5.69 Å². The van der Waals surface area contributed by atoms with Crippen molar-refractivity contribution in [1.82, 2.24) is 15.5 Å². The van der Waals surface area contributed by atoms with Crippen LogP contribution >= 0.6 is 15.9 Å². The number of H-pyrrole nitrogens is 1. The number of nitrogens with zero attached hydrogens (tertiary/aromatic N) is 1. The largest absolute Gasteiger partial charge is 0.488 e. The molecule has 1 aromatic heterocycles. The first kappa shape index (κ1) is 13.8. The zero-order valence-corrected chi connectivity index (χ0v) is 13.5. The molecule has 6 heteroatoms. The number of para-hydroxylation sites is 1. The summed E-state index contributed by atoms with van der Waals surface area (Å²) in [4.78, 5) is 12.3. The summed E-state index contributed by atoms with van der Waals surface area (Å²) in [5, 5.41) is 10.0. The molecule has 2 heterocycles. The van der Waals surface area contributed by atoms with Crippen molar-refractivity contribution in [3.05, 3.63) is 45.7 Å². The topological polar surface area (TPSA) is 67.0 Å². The van der Waals surface area contributed by atoms with Gasteiger partial charge in [-0.2, -0.15) is 5.10 Å². The number of aromatic amines is 1. The van der Waals surface area contributed by atoms with Crippen LogP contribution in [0.5, 0.6) is 5.75 Å². The second-order valence-corrected chi connectivity index (χ2v) is 6.63. The van der Waals surface area contributed by atoms with E-state index in [0.717, 1.165) is 35.2 Å². The van der Waals surface area contributed by atoms with Crippen molar-refractivity contribution in [2.45, 2.75) is 31.3 Å². The average molecular weight is 362 g/mol. The molecule has 1 unspecified atom stereocenters. The Morgan fingerprint density at radius 3 is 3.00 bits per heavy atom. The molecule has 1 saturated carbocycles. The zero-order valence-electron chi connectivity index (χ0n) is 11.9. The molecule has 22 heavy (non-hydrogen) atoms. The molecular formula is C16H16BrN3O2. The highest BCUT2D eigenvalue weighted by Gasteiger charge is 2.31. The monoisotopic (exact) mass is 361 g/mol. The number of aromatic nitrogens is 2. The highest BCUT2D eigenvalue weighted by Crippen LogP contribution is 2.42. The zero-order chi connectivity index (χ0) is 15.1. The molecule has 0 bridgehead atoms. The fourth-order valence-corrected chi connectivity index (χ4v) is 3.47. The van der Waals surface area contributed by atoms with Crippen LogP contribution in [0.25, 0.3) is 0 Å². The third-order valence-corrected chi connectivity index (χ3v) is 4.94. The Morgan fingerprint density at radius 1 is 1.41 bits per heavy atom. The van der Waals surface area contributed by atoms with Crippen LogP contribution in [-0.4, -0.2) is 28.8 Å². The van der Waals surface area contributed by atoms with Crippen LogP contribution in [-0.2, 0) is 6.42 Å². The van der Waals surface area contributed by atoms with Gasteiger partial charge in [0, 0.05) is 12.3 Å². The summed E-state index contributed by atoms with van der Waals surface area (Å²) in [7, 11) is 0. The highest BCUT2D eigenvalue weighted by molar-refractivity contribution is 9.10. The molecule has 2 aromatic rings. The van der Waals surface area contributed by atoms with Crippen molar-refractivity contribution < 1.29 is 9.53 Å².